The fourth-order valence-electron chi connectivity index (χ4n) is 1.72. The number of carbonyl (C=O) groups is 1. The van der Waals surface area contributed by atoms with Gasteiger partial charge in [0.15, 0.2) is 0 Å². The molecule has 0 N–H and O–H groups in total. The molecule has 92 valence electrons. The molecule has 0 aliphatic rings. The second-order valence-electron chi connectivity index (χ2n) is 3.95. The Kier molecular flexibility index (Phi) is 3.23. The first kappa shape index (κ1) is 12.0. The summed E-state index contributed by atoms with van der Waals surface area (Å²) in [5.74, 6) is -0.521. The molecule has 2 aromatic carbocycles. The molecule has 0 heterocycles. The summed E-state index contributed by atoms with van der Waals surface area (Å²) in [6, 6.07) is 11.0. The molecule has 0 saturated heterocycles. The number of hydrogen-bond donors (Lipinski definition) is 0. The number of fused-ring (bicyclic) bond motifs is 1. The van der Waals surface area contributed by atoms with Crippen molar-refractivity contribution in [3.8, 4) is 5.75 Å². The third-order valence-electron chi connectivity index (χ3n) is 2.48. The highest BCUT2D eigenvalue weighted by Crippen LogP contribution is 2.26. The predicted molar refractivity (Wildman–Crippen MR) is 66.2 cm³/mol. The summed E-state index contributed by atoms with van der Waals surface area (Å²) in [4.78, 5) is 20.8. The lowest BCUT2D eigenvalue weighted by molar-refractivity contribution is -0.469. The lowest BCUT2D eigenvalue weighted by Crippen LogP contribution is -2.19. The van der Waals surface area contributed by atoms with Gasteiger partial charge in [0.2, 0.25) is 0 Å². The van der Waals surface area contributed by atoms with Crippen LogP contribution in [0.2, 0.25) is 0 Å². The van der Waals surface area contributed by atoms with Crippen molar-refractivity contribution in [3.05, 3.63) is 52.1 Å². The molecular weight excluding hydrogens is 234 g/mol. The monoisotopic (exact) mass is 245 g/mol. The average Bonchev–Trinajstić information content (AvgIpc) is 2.27. The first-order valence-corrected chi connectivity index (χ1v) is 5.38. The zero-order chi connectivity index (χ0) is 13.1. The molecule has 0 radical (unpaired) electrons. The highest BCUT2D eigenvalue weighted by Gasteiger charge is 2.13. The third kappa shape index (κ3) is 2.63. The van der Waals surface area contributed by atoms with Crippen molar-refractivity contribution in [2.75, 3.05) is 6.54 Å². The zero-order valence-corrected chi connectivity index (χ0v) is 9.75. The molecule has 0 aliphatic heterocycles. The molecule has 0 amide bonds. The van der Waals surface area contributed by atoms with Gasteiger partial charge < -0.3 is 4.74 Å². The molecule has 2 aromatic rings. The lowest BCUT2D eigenvalue weighted by atomic mass is 10.1. The number of aryl methyl sites for hydroxylation is 1. The number of ether oxygens (including phenoxy) is 1. The molecule has 0 unspecified atom stereocenters. The zero-order valence-electron chi connectivity index (χ0n) is 9.75. The van der Waals surface area contributed by atoms with Crippen LogP contribution in [0.3, 0.4) is 0 Å². The molecule has 0 saturated carbocycles. The van der Waals surface area contributed by atoms with Crippen LogP contribution in [0, 0.1) is 17.0 Å². The fourth-order valence-corrected chi connectivity index (χ4v) is 1.72. The largest absolute Gasteiger partial charge is 0.421 e. The number of rotatable bonds is 3. The van der Waals surface area contributed by atoms with Crippen LogP contribution < -0.4 is 4.74 Å². The minimum atomic E-state index is -0.868. The predicted octanol–water partition coefficient (Wildman–Crippen LogP) is 2.33. The molecule has 0 aromatic heterocycles. The van der Waals surface area contributed by atoms with Crippen molar-refractivity contribution in [3.63, 3.8) is 0 Å². The van der Waals surface area contributed by atoms with Gasteiger partial charge >= 0.3 is 5.97 Å². The van der Waals surface area contributed by atoms with Crippen LogP contribution >= 0.6 is 0 Å². The van der Waals surface area contributed by atoms with Gasteiger partial charge in [0.1, 0.15) is 5.75 Å². The van der Waals surface area contributed by atoms with E-state index in [9.17, 15) is 14.9 Å². The van der Waals surface area contributed by atoms with Crippen LogP contribution in [0.25, 0.3) is 10.8 Å². The van der Waals surface area contributed by atoms with Crippen molar-refractivity contribution < 1.29 is 14.5 Å². The second-order valence-corrected chi connectivity index (χ2v) is 3.95. The van der Waals surface area contributed by atoms with Crippen LogP contribution in [0.4, 0.5) is 0 Å². The number of nitrogens with zero attached hydrogens (tertiary/aromatic N) is 1. The Morgan fingerprint density at radius 1 is 1.33 bits per heavy atom. The quantitative estimate of drug-likeness (QED) is 0.360. The number of hydrogen-bond acceptors (Lipinski definition) is 4. The maximum atomic E-state index is 11.3. The van der Waals surface area contributed by atoms with E-state index < -0.39 is 17.4 Å². The Morgan fingerprint density at radius 2 is 2.11 bits per heavy atom. The van der Waals surface area contributed by atoms with E-state index in [1.54, 1.807) is 12.1 Å². The molecule has 0 bridgehead atoms. The number of nitro groups is 1. The van der Waals surface area contributed by atoms with E-state index in [0.29, 0.717) is 5.75 Å². The molecule has 0 aliphatic carbocycles. The van der Waals surface area contributed by atoms with Gasteiger partial charge in [-0.1, -0.05) is 35.9 Å². The molecular formula is C13H11NO4. The SMILES string of the molecule is Cc1ccc2c(OC(=O)C[N+](=O)[O-])cccc2c1. The summed E-state index contributed by atoms with van der Waals surface area (Å²) >= 11 is 0. The minimum absolute atomic E-state index is 0.347. The maximum Gasteiger partial charge on any atom is 0.383 e. The average molecular weight is 245 g/mol. The van der Waals surface area contributed by atoms with Crippen LogP contribution in [-0.4, -0.2) is 17.4 Å². The summed E-state index contributed by atoms with van der Waals surface area (Å²) in [5, 5.41) is 11.9. The molecule has 0 fully saturated rings. The first-order valence-electron chi connectivity index (χ1n) is 5.38. The number of benzene rings is 2. The summed E-state index contributed by atoms with van der Waals surface area (Å²) in [7, 11) is 0. The molecule has 0 atom stereocenters. The van der Waals surface area contributed by atoms with Crippen LogP contribution in [0.5, 0.6) is 5.75 Å². The Balaban J connectivity index is 2.34. The van der Waals surface area contributed by atoms with Crippen molar-refractivity contribution in [2.45, 2.75) is 6.92 Å². The van der Waals surface area contributed by atoms with Gasteiger partial charge in [-0.15, -0.1) is 0 Å². The highest BCUT2D eigenvalue weighted by molar-refractivity contribution is 5.90. The van der Waals surface area contributed by atoms with Gasteiger partial charge in [-0.05, 0) is 18.4 Å². The maximum absolute atomic E-state index is 11.3. The lowest BCUT2D eigenvalue weighted by Gasteiger charge is -2.06. The summed E-state index contributed by atoms with van der Waals surface area (Å²) in [5.41, 5.74) is 1.09. The van der Waals surface area contributed by atoms with E-state index in [0.717, 1.165) is 16.3 Å². The summed E-state index contributed by atoms with van der Waals surface area (Å²) < 4.78 is 5.00. The summed E-state index contributed by atoms with van der Waals surface area (Å²) in [6.45, 7) is 1.13. The van der Waals surface area contributed by atoms with E-state index in [-0.39, 0.29) is 0 Å². The molecule has 5 heteroatoms. The Bertz CT molecular complexity index is 621. The van der Waals surface area contributed by atoms with Crippen molar-refractivity contribution >= 4 is 16.7 Å². The molecule has 18 heavy (non-hydrogen) atoms. The van der Waals surface area contributed by atoms with Gasteiger partial charge in [-0.3, -0.25) is 10.1 Å². The number of esters is 1. The Labute approximate surface area is 103 Å². The Hall–Kier alpha value is -2.43. The van der Waals surface area contributed by atoms with E-state index in [4.69, 9.17) is 4.74 Å². The van der Waals surface area contributed by atoms with Gasteiger partial charge in [0.25, 0.3) is 6.54 Å². The van der Waals surface area contributed by atoms with Gasteiger partial charge in [-0.25, -0.2) is 4.79 Å². The second kappa shape index (κ2) is 4.83. The van der Waals surface area contributed by atoms with E-state index in [1.807, 2.05) is 31.2 Å². The van der Waals surface area contributed by atoms with Crippen molar-refractivity contribution in [2.24, 2.45) is 0 Å². The summed E-state index contributed by atoms with van der Waals surface area (Å²) in [6.07, 6.45) is 0. The van der Waals surface area contributed by atoms with E-state index in [2.05, 4.69) is 0 Å². The van der Waals surface area contributed by atoms with Crippen LogP contribution in [0.15, 0.2) is 36.4 Å². The van der Waals surface area contributed by atoms with Crippen LogP contribution in [-0.2, 0) is 4.79 Å². The molecule has 0 spiro atoms. The van der Waals surface area contributed by atoms with E-state index >= 15 is 0 Å². The number of carbonyl (C=O) groups excluding carboxylic acids is 1. The van der Waals surface area contributed by atoms with E-state index in [1.165, 1.54) is 0 Å². The highest BCUT2D eigenvalue weighted by atomic mass is 16.6. The first-order chi connectivity index (χ1) is 8.56. The Morgan fingerprint density at radius 3 is 2.83 bits per heavy atom. The minimum Gasteiger partial charge on any atom is -0.421 e. The van der Waals surface area contributed by atoms with Gasteiger partial charge in [0, 0.05) is 10.3 Å². The topological polar surface area (TPSA) is 69.4 Å². The third-order valence-corrected chi connectivity index (χ3v) is 2.48. The molecule has 5 nitrogen and oxygen atoms in total. The van der Waals surface area contributed by atoms with Gasteiger partial charge in [0.05, 0.1) is 0 Å². The fraction of sp³-hybridized carbons (Fsp3) is 0.154. The van der Waals surface area contributed by atoms with Crippen molar-refractivity contribution in [1.82, 2.24) is 0 Å². The van der Waals surface area contributed by atoms with Crippen LogP contribution in [0.1, 0.15) is 5.56 Å². The smallest absolute Gasteiger partial charge is 0.383 e. The molecule has 2 rings (SSSR count). The van der Waals surface area contributed by atoms with Gasteiger partial charge in [-0.2, -0.15) is 0 Å². The normalized spacial score (nSPS) is 10.3. The standard InChI is InChI=1S/C13H11NO4/c1-9-5-6-11-10(7-9)3-2-4-12(11)18-13(15)8-14(16)17/h2-7H,8H2,1H3. The van der Waals surface area contributed by atoms with Crippen molar-refractivity contribution in [1.29, 1.82) is 0 Å².